The van der Waals surface area contributed by atoms with Gasteiger partial charge in [-0.2, -0.15) is 0 Å². The summed E-state index contributed by atoms with van der Waals surface area (Å²) < 4.78 is 4.81. The van der Waals surface area contributed by atoms with Gasteiger partial charge in [-0.3, -0.25) is 14.5 Å². The monoisotopic (exact) mass is 310 g/mol. The fourth-order valence-electron chi connectivity index (χ4n) is 3.26. The third kappa shape index (κ3) is 4.45. The number of carbonyl (C=O) groups excluding carboxylic acids is 2. The van der Waals surface area contributed by atoms with Crippen LogP contribution in [0, 0.1) is 11.3 Å². The molecule has 0 radical (unpaired) electrons. The molecular weight excluding hydrogens is 280 g/mol. The van der Waals surface area contributed by atoms with E-state index in [-0.39, 0.29) is 29.3 Å². The molecule has 2 fully saturated rings. The second-order valence-electron chi connectivity index (χ2n) is 7.84. The summed E-state index contributed by atoms with van der Waals surface area (Å²) in [5, 5.41) is 3.18. The number of carbonyl (C=O) groups is 2. The first kappa shape index (κ1) is 17.3. The zero-order chi connectivity index (χ0) is 16.3. The maximum atomic E-state index is 12.3. The van der Waals surface area contributed by atoms with Gasteiger partial charge >= 0.3 is 5.97 Å². The van der Waals surface area contributed by atoms with Gasteiger partial charge in [-0.15, -0.1) is 0 Å². The van der Waals surface area contributed by atoms with Crippen molar-refractivity contribution in [2.45, 2.75) is 65.0 Å². The highest BCUT2D eigenvalue weighted by molar-refractivity contribution is 5.81. The Hall–Kier alpha value is -1.10. The molecule has 1 heterocycles. The fraction of sp³-hybridized carbons (Fsp3) is 0.882. The van der Waals surface area contributed by atoms with Crippen LogP contribution in [0.1, 0.15) is 52.9 Å². The predicted molar refractivity (Wildman–Crippen MR) is 85.3 cm³/mol. The van der Waals surface area contributed by atoms with E-state index < -0.39 is 0 Å². The van der Waals surface area contributed by atoms with Crippen LogP contribution in [0.3, 0.4) is 0 Å². The van der Waals surface area contributed by atoms with Gasteiger partial charge in [0.15, 0.2) is 0 Å². The maximum absolute atomic E-state index is 12.3. The minimum absolute atomic E-state index is 0.0878. The van der Waals surface area contributed by atoms with E-state index >= 15 is 0 Å². The van der Waals surface area contributed by atoms with Crippen LogP contribution in [-0.2, 0) is 14.3 Å². The molecule has 0 bridgehead atoms. The zero-order valence-corrected chi connectivity index (χ0v) is 14.4. The van der Waals surface area contributed by atoms with Crippen molar-refractivity contribution < 1.29 is 14.3 Å². The molecule has 5 heteroatoms. The summed E-state index contributed by atoms with van der Waals surface area (Å²) in [6.45, 7) is 7.65. The summed E-state index contributed by atoms with van der Waals surface area (Å²) in [7, 11) is 1.44. The molecule has 0 aromatic carbocycles. The van der Waals surface area contributed by atoms with Crippen molar-refractivity contribution in [3.8, 4) is 0 Å². The molecule has 0 spiro atoms. The largest absolute Gasteiger partial charge is 0.469 e. The number of nitrogens with zero attached hydrogens (tertiary/aromatic N) is 1. The number of esters is 1. The van der Waals surface area contributed by atoms with Gasteiger partial charge in [0.1, 0.15) is 0 Å². The lowest BCUT2D eigenvalue weighted by Crippen LogP contribution is -2.56. The predicted octanol–water partition coefficient (Wildman–Crippen LogP) is 1.95. The molecule has 1 aliphatic carbocycles. The molecule has 2 rings (SSSR count). The van der Waals surface area contributed by atoms with E-state index in [4.69, 9.17) is 4.74 Å². The standard InChI is InChI=1S/C17H30N2O3/c1-17(2,3)16(21)18-13-8-12(9-15(20)22-4)10-19(11-13)14-6-5-7-14/h12-14H,5-11H2,1-4H3,(H,18,21). The second-order valence-corrected chi connectivity index (χ2v) is 7.84. The van der Waals surface area contributed by atoms with Crippen LogP contribution >= 0.6 is 0 Å². The van der Waals surface area contributed by atoms with Crippen molar-refractivity contribution >= 4 is 11.9 Å². The Morgan fingerprint density at radius 2 is 1.91 bits per heavy atom. The maximum Gasteiger partial charge on any atom is 0.305 e. The van der Waals surface area contributed by atoms with Crippen LogP contribution in [0.5, 0.6) is 0 Å². The molecule has 2 atom stereocenters. The number of ether oxygens (including phenoxy) is 1. The number of methoxy groups -OCH3 is 1. The summed E-state index contributed by atoms with van der Waals surface area (Å²) in [6, 6.07) is 0.769. The number of amides is 1. The highest BCUT2D eigenvalue weighted by Crippen LogP contribution is 2.30. The second kappa shape index (κ2) is 6.99. The molecule has 2 unspecified atom stereocenters. The first-order valence-electron chi connectivity index (χ1n) is 8.41. The van der Waals surface area contributed by atoms with E-state index in [1.807, 2.05) is 20.8 Å². The van der Waals surface area contributed by atoms with Crippen LogP contribution in [-0.4, -0.2) is 49.1 Å². The normalized spacial score (nSPS) is 27.1. The van der Waals surface area contributed by atoms with Gasteiger partial charge in [0, 0.05) is 37.0 Å². The van der Waals surface area contributed by atoms with Gasteiger partial charge in [-0.1, -0.05) is 27.2 Å². The SMILES string of the molecule is COC(=O)CC1CC(NC(=O)C(C)(C)C)CN(C2CCC2)C1. The van der Waals surface area contributed by atoms with Gasteiger partial charge in [0.2, 0.25) is 5.91 Å². The average molecular weight is 310 g/mol. The smallest absolute Gasteiger partial charge is 0.305 e. The lowest BCUT2D eigenvalue weighted by atomic mass is 9.85. The molecule has 126 valence electrons. The van der Waals surface area contributed by atoms with Crippen LogP contribution in [0.2, 0.25) is 0 Å². The van der Waals surface area contributed by atoms with Crippen LogP contribution in [0.4, 0.5) is 0 Å². The van der Waals surface area contributed by atoms with Gasteiger partial charge in [0.05, 0.1) is 7.11 Å². The van der Waals surface area contributed by atoms with Crippen molar-refractivity contribution in [2.24, 2.45) is 11.3 Å². The highest BCUT2D eigenvalue weighted by Gasteiger charge is 2.36. The number of likely N-dealkylation sites (tertiary alicyclic amines) is 1. The van der Waals surface area contributed by atoms with Crippen molar-refractivity contribution in [1.82, 2.24) is 10.2 Å². The van der Waals surface area contributed by atoms with Gasteiger partial charge in [0.25, 0.3) is 0 Å². The third-order valence-electron chi connectivity index (χ3n) is 4.86. The average Bonchev–Trinajstić information content (AvgIpc) is 2.35. The Labute approximate surface area is 133 Å². The Kier molecular flexibility index (Phi) is 5.48. The minimum atomic E-state index is -0.378. The Bertz CT molecular complexity index is 413. The van der Waals surface area contributed by atoms with E-state index in [1.165, 1.54) is 26.4 Å². The molecule has 0 aromatic rings. The van der Waals surface area contributed by atoms with E-state index in [0.717, 1.165) is 19.5 Å². The first-order valence-corrected chi connectivity index (χ1v) is 8.41. The number of piperidine rings is 1. The van der Waals surface area contributed by atoms with Gasteiger partial charge in [-0.05, 0) is 25.2 Å². The molecule has 0 aromatic heterocycles. The molecule has 1 N–H and O–H groups in total. The van der Waals surface area contributed by atoms with E-state index in [0.29, 0.717) is 12.5 Å². The molecule has 22 heavy (non-hydrogen) atoms. The third-order valence-corrected chi connectivity index (χ3v) is 4.86. The molecule has 1 saturated heterocycles. The highest BCUT2D eigenvalue weighted by atomic mass is 16.5. The fourth-order valence-corrected chi connectivity index (χ4v) is 3.26. The quantitative estimate of drug-likeness (QED) is 0.806. The summed E-state index contributed by atoms with van der Waals surface area (Å²) in [6.07, 6.45) is 5.08. The van der Waals surface area contributed by atoms with Crippen LogP contribution in [0.25, 0.3) is 0 Å². The number of rotatable bonds is 4. The van der Waals surface area contributed by atoms with Gasteiger partial charge in [-0.25, -0.2) is 0 Å². The van der Waals surface area contributed by atoms with Crippen LogP contribution < -0.4 is 5.32 Å². The molecule has 1 saturated carbocycles. The Morgan fingerprint density at radius 1 is 1.23 bits per heavy atom. The van der Waals surface area contributed by atoms with E-state index in [9.17, 15) is 9.59 Å². The van der Waals surface area contributed by atoms with Crippen molar-refractivity contribution in [2.75, 3.05) is 20.2 Å². The lowest BCUT2D eigenvalue weighted by Gasteiger charge is -2.45. The summed E-state index contributed by atoms with van der Waals surface area (Å²) in [5.74, 6) is 0.207. The minimum Gasteiger partial charge on any atom is -0.469 e. The number of hydrogen-bond acceptors (Lipinski definition) is 4. The molecular formula is C17H30N2O3. The molecule has 1 amide bonds. The number of hydrogen-bond donors (Lipinski definition) is 1. The molecule has 1 aliphatic heterocycles. The molecule has 5 nitrogen and oxygen atoms in total. The lowest BCUT2D eigenvalue weighted by molar-refractivity contribution is -0.142. The van der Waals surface area contributed by atoms with E-state index in [2.05, 4.69) is 10.2 Å². The van der Waals surface area contributed by atoms with Crippen molar-refractivity contribution in [1.29, 1.82) is 0 Å². The molecule has 2 aliphatic rings. The van der Waals surface area contributed by atoms with Crippen molar-refractivity contribution in [3.63, 3.8) is 0 Å². The van der Waals surface area contributed by atoms with Crippen LogP contribution in [0.15, 0.2) is 0 Å². The van der Waals surface area contributed by atoms with Crippen molar-refractivity contribution in [3.05, 3.63) is 0 Å². The number of nitrogens with one attached hydrogen (secondary N) is 1. The van der Waals surface area contributed by atoms with Gasteiger partial charge < -0.3 is 10.1 Å². The Balaban J connectivity index is 1.98. The zero-order valence-electron chi connectivity index (χ0n) is 14.4. The summed E-state index contributed by atoms with van der Waals surface area (Å²) >= 11 is 0. The summed E-state index contributed by atoms with van der Waals surface area (Å²) in [4.78, 5) is 26.3. The Morgan fingerprint density at radius 3 is 2.41 bits per heavy atom. The van der Waals surface area contributed by atoms with E-state index in [1.54, 1.807) is 0 Å². The topological polar surface area (TPSA) is 58.6 Å². The summed E-state index contributed by atoms with van der Waals surface area (Å²) in [5.41, 5.74) is -0.378. The first-order chi connectivity index (χ1) is 10.3.